The van der Waals surface area contributed by atoms with Crippen molar-refractivity contribution < 1.29 is 0 Å². The van der Waals surface area contributed by atoms with Gasteiger partial charge in [-0.1, -0.05) is 42.5 Å². The number of nitrogens with zero attached hydrogens (tertiary/aromatic N) is 2. The van der Waals surface area contributed by atoms with E-state index >= 15 is 0 Å². The number of benzene rings is 1. The summed E-state index contributed by atoms with van der Waals surface area (Å²) in [5.74, 6) is 1.44. The first-order chi connectivity index (χ1) is 13.2. The van der Waals surface area contributed by atoms with E-state index in [4.69, 9.17) is 4.98 Å². The van der Waals surface area contributed by atoms with Crippen molar-refractivity contribution in [1.29, 1.82) is 0 Å². The summed E-state index contributed by atoms with van der Waals surface area (Å²) in [5.41, 5.74) is 3.55. The lowest BCUT2D eigenvalue weighted by atomic mass is 9.77. The maximum atomic E-state index is 12.6. The van der Waals surface area contributed by atoms with Gasteiger partial charge < -0.3 is 4.98 Å². The van der Waals surface area contributed by atoms with Crippen molar-refractivity contribution in [2.45, 2.75) is 49.9 Å². The Bertz CT molecular complexity index is 913. The van der Waals surface area contributed by atoms with E-state index in [1.807, 2.05) is 6.07 Å². The third-order valence-corrected chi connectivity index (χ3v) is 6.48. The lowest BCUT2D eigenvalue weighted by Crippen LogP contribution is -2.45. The Labute approximate surface area is 160 Å². The molecule has 0 radical (unpaired) electrons. The largest absolute Gasteiger partial charge is 0.310 e. The van der Waals surface area contributed by atoms with Crippen LogP contribution in [0.25, 0.3) is 6.08 Å². The highest BCUT2D eigenvalue weighted by Crippen LogP contribution is 2.44. The third kappa shape index (κ3) is 3.27. The van der Waals surface area contributed by atoms with Crippen LogP contribution < -0.4 is 5.56 Å². The fourth-order valence-electron chi connectivity index (χ4n) is 4.90. The molecule has 1 spiro atoms. The number of fused-ring (bicyclic) bond motifs is 2. The minimum atomic E-state index is 0.0894. The van der Waals surface area contributed by atoms with E-state index in [1.54, 1.807) is 0 Å². The molecule has 2 fully saturated rings. The Kier molecular flexibility index (Phi) is 4.24. The van der Waals surface area contributed by atoms with Gasteiger partial charge in [0.15, 0.2) is 0 Å². The van der Waals surface area contributed by atoms with Crippen molar-refractivity contribution >= 4 is 6.08 Å². The summed E-state index contributed by atoms with van der Waals surface area (Å²) in [6.45, 7) is 3.12. The summed E-state index contributed by atoms with van der Waals surface area (Å²) >= 11 is 0. The van der Waals surface area contributed by atoms with Crippen LogP contribution in [0.3, 0.4) is 0 Å². The minimum absolute atomic E-state index is 0.0894. The number of piperidine rings is 1. The molecule has 2 aromatic rings. The van der Waals surface area contributed by atoms with Gasteiger partial charge in [0.05, 0.1) is 5.69 Å². The van der Waals surface area contributed by atoms with Gasteiger partial charge in [0, 0.05) is 30.0 Å². The molecule has 5 rings (SSSR count). The molecule has 1 atom stereocenters. The molecule has 27 heavy (non-hydrogen) atoms. The van der Waals surface area contributed by atoms with E-state index in [0.717, 1.165) is 49.6 Å². The molecule has 3 aliphatic rings. The predicted octanol–water partition coefficient (Wildman–Crippen LogP) is 3.64. The van der Waals surface area contributed by atoms with E-state index in [0.29, 0.717) is 5.92 Å². The molecule has 0 bridgehead atoms. The van der Waals surface area contributed by atoms with Crippen LogP contribution in [-0.4, -0.2) is 34.5 Å². The van der Waals surface area contributed by atoms with Crippen LogP contribution >= 0.6 is 0 Å². The van der Waals surface area contributed by atoms with E-state index in [1.165, 1.54) is 31.2 Å². The molecule has 0 amide bonds. The molecule has 1 N–H and O–H groups in total. The second-order valence-corrected chi connectivity index (χ2v) is 8.48. The maximum absolute atomic E-state index is 12.6. The topological polar surface area (TPSA) is 49.0 Å². The molecule has 4 nitrogen and oxygen atoms in total. The number of H-pyrrole nitrogens is 1. The van der Waals surface area contributed by atoms with Crippen LogP contribution in [-0.2, 0) is 11.8 Å². The Morgan fingerprint density at radius 1 is 1.22 bits per heavy atom. The van der Waals surface area contributed by atoms with Crippen LogP contribution in [0.5, 0.6) is 0 Å². The summed E-state index contributed by atoms with van der Waals surface area (Å²) in [4.78, 5) is 23.2. The summed E-state index contributed by atoms with van der Waals surface area (Å²) in [5, 5.41) is 0. The van der Waals surface area contributed by atoms with Crippen LogP contribution in [0.2, 0.25) is 0 Å². The second kappa shape index (κ2) is 6.75. The first-order valence-corrected chi connectivity index (χ1v) is 10.3. The van der Waals surface area contributed by atoms with Crippen molar-refractivity contribution in [2.75, 3.05) is 19.6 Å². The number of aromatic amines is 1. The van der Waals surface area contributed by atoms with Crippen molar-refractivity contribution in [2.24, 2.45) is 0 Å². The van der Waals surface area contributed by atoms with Gasteiger partial charge in [-0.15, -0.1) is 0 Å². The number of aromatic nitrogens is 2. The quantitative estimate of drug-likeness (QED) is 0.904. The predicted molar refractivity (Wildman–Crippen MR) is 108 cm³/mol. The zero-order valence-corrected chi connectivity index (χ0v) is 15.8. The molecule has 1 saturated heterocycles. The molecule has 1 saturated carbocycles. The third-order valence-electron chi connectivity index (χ3n) is 6.48. The Morgan fingerprint density at radius 2 is 2.07 bits per heavy atom. The zero-order valence-electron chi connectivity index (χ0n) is 15.8. The summed E-state index contributed by atoms with van der Waals surface area (Å²) in [6.07, 6.45) is 11.1. The lowest BCUT2D eigenvalue weighted by molar-refractivity contribution is 0.156. The lowest BCUT2D eigenvalue weighted by Gasteiger charge is -2.40. The summed E-state index contributed by atoms with van der Waals surface area (Å²) in [7, 11) is 0. The van der Waals surface area contributed by atoms with Gasteiger partial charge in [0.2, 0.25) is 0 Å². The molecule has 4 heteroatoms. The van der Waals surface area contributed by atoms with Gasteiger partial charge in [-0.25, -0.2) is 4.98 Å². The summed E-state index contributed by atoms with van der Waals surface area (Å²) < 4.78 is 0. The Balaban J connectivity index is 1.36. The molecule has 1 unspecified atom stereocenters. The van der Waals surface area contributed by atoms with Crippen LogP contribution in [0.15, 0.2) is 41.2 Å². The highest BCUT2D eigenvalue weighted by atomic mass is 16.1. The number of hydrogen-bond acceptors (Lipinski definition) is 3. The van der Waals surface area contributed by atoms with E-state index in [9.17, 15) is 4.79 Å². The molecular formula is C23H27N3O. The number of likely N-dealkylation sites (tertiary alicyclic amines) is 1. The molecule has 1 aromatic heterocycles. The number of hydrogen-bond donors (Lipinski definition) is 1. The van der Waals surface area contributed by atoms with Crippen molar-refractivity contribution in [1.82, 2.24) is 14.9 Å². The highest BCUT2D eigenvalue weighted by molar-refractivity contribution is 5.48. The molecule has 2 heterocycles. The Hall–Kier alpha value is -2.20. The van der Waals surface area contributed by atoms with E-state index < -0.39 is 0 Å². The zero-order chi connectivity index (χ0) is 18.3. The van der Waals surface area contributed by atoms with Crippen molar-refractivity contribution in [3.05, 3.63) is 69.4 Å². The van der Waals surface area contributed by atoms with E-state index in [2.05, 4.69) is 46.3 Å². The Morgan fingerprint density at radius 3 is 2.89 bits per heavy atom. The van der Waals surface area contributed by atoms with Crippen molar-refractivity contribution in [3.63, 3.8) is 0 Å². The van der Waals surface area contributed by atoms with Gasteiger partial charge in [0.1, 0.15) is 5.82 Å². The molecule has 2 aliphatic carbocycles. The van der Waals surface area contributed by atoms with Gasteiger partial charge >= 0.3 is 0 Å². The maximum Gasteiger partial charge on any atom is 0.254 e. The fourth-order valence-corrected chi connectivity index (χ4v) is 4.90. The number of nitrogens with one attached hydrogen (secondary N) is 1. The van der Waals surface area contributed by atoms with Gasteiger partial charge in [-0.05, 0) is 50.6 Å². The molecule has 140 valence electrons. The highest BCUT2D eigenvalue weighted by Gasteiger charge is 2.45. The average molecular weight is 361 g/mol. The monoisotopic (exact) mass is 361 g/mol. The minimum Gasteiger partial charge on any atom is -0.310 e. The van der Waals surface area contributed by atoms with Gasteiger partial charge in [0.25, 0.3) is 5.56 Å². The van der Waals surface area contributed by atoms with Crippen LogP contribution in [0, 0.1) is 0 Å². The molecule has 1 aromatic carbocycles. The van der Waals surface area contributed by atoms with Gasteiger partial charge in [-0.3, -0.25) is 9.69 Å². The fraction of sp³-hybridized carbons (Fsp3) is 0.478. The van der Waals surface area contributed by atoms with E-state index in [-0.39, 0.29) is 11.0 Å². The first kappa shape index (κ1) is 16.9. The standard InChI is InChI=1S/C23H27N3O/c27-22-19-11-13-23(20(19)24-21(25-22)18-9-10-18)12-5-15-26(16-23)14-4-8-17-6-2-1-3-7-17/h1-4,6-8,18H,5,9-16H2,(H,24,25,27)/b8-4+. The number of rotatable bonds is 4. The molecular weight excluding hydrogens is 334 g/mol. The van der Waals surface area contributed by atoms with Gasteiger partial charge in [-0.2, -0.15) is 0 Å². The SMILES string of the molecule is O=c1[nH]c(C2CC2)nc2c1CCC21CCCN(C/C=C/c2ccccc2)C1. The van der Waals surface area contributed by atoms with Crippen LogP contribution in [0.4, 0.5) is 0 Å². The average Bonchev–Trinajstić information content (AvgIpc) is 3.48. The van der Waals surface area contributed by atoms with Crippen LogP contribution in [0.1, 0.15) is 60.7 Å². The molecule has 1 aliphatic heterocycles. The first-order valence-electron chi connectivity index (χ1n) is 10.3. The second-order valence-electron chi connectivity index (χ2n) is 8.48. The summed E-state index contributed by atoms with van der Waals surface area (Å²) in [6, 6.07) is 10.5. The normalized spacial score (nSPS) is 25.3. The smallest absolute Gasteiger partial charge is 0.254 e. The van der Waals surface area contributed by atoms with Crippen molar-refractivity contribution in [3.8, 4) is 0 Å².